The van der Waals surface area contributed by atoms with Gasteiger partial charge in [0.15, 0.2) is 11.2 Å². The van der Waals surface area contributed by atoms with Gasteiger partial charge in [0.25, 0.3) is 11.5 Å². The second-order valence-electron chi connectivity index (χ2n) is 6.64. The number of hydrogen-bond acceptors (Lipinski definition) is 5. The Labute approximate surface area is 166 Å². The van der Waals surface area contributed by atoms with Gasteiger partial charge in [0.2, 0.25) is 0 Å². The smallest absolute Gasteiger partial charge is 0.279 e. The Kier molecular flexibility index (Phi) is 4.59. The Balaban J connectivity index is 1.82. The molecule has 0 bridgehead atoms. The number of hydrogen-bond donors (Lipinski definition) is 1. The summed E-state index contributed by atoms with van der Waals surface area (Å²) in [5, 5.41) is 7.22. The van der Waals surface area contributed by atoms with Gasteiger partial charge >= 0.3 is 0 Å². The zero-order valence-corrected chi connectivity index (χ0v) is 16.2. The largest absolute Gasteiger partial charge is 0.497 e. The number of aromatic nitrogens is 4. The molecule has 2 aromatic heterocycles. The van der Waals surface area contributed by atoms with Crippen LogP contribution in [0.15, 0.2) is 59.7 Å². The fraction of sp³-hybridized carbons (Fsp3) is 0.143. The van der Waals surface area contributed by atoms with Crippen LogP contribution < -0.4 is 15.6 Å². The second kappa shape index (κ2) is 7.23. The van der Waals surface area contributed by atoms with E-state index in [-0.39, 0.29) is 22.3 Å². The lowest BCUT2D eigenvalue weighted by Gasteiger charge is -2.05. The summed E-state index contributed by atoms with van der Waals surface area (Å²) in [5.74, 6) is 0.231. The maximum atomic E-state index is 12.9. The molecule has 0 aliphatic carbocycles. The third kappa shape index (κ3) is 3.36. The molecular weight excluding hydrogens is 370 g/mol. The van der Waals surface area contributed by atoms with Gasteiger partial charge in [0.05, 0.1) is 19.1 Å². The maximum absolute atomic E-state index is 12.9. The fourth-order valence-electron chi connectivity index (χ4n) is 2.98. The zero-order valence-electron chi connectivity index (χ0n) is 16.2. The molecule has 1 N–H and O–H groups in total. The van der Waals surface area contributed by atoms with Crippen molar-refractivity contribution in [3.8, 4) is 11.4 Å². The number of fused-ring (bicyclic) bond motifs is 1. The van der Waals surface area contributed by atoms with E-state index in [9.17, 15) is 9.59 Å². The van der Waals surface area contributed by atoms with Crippen LogP contribution in [-0.2, 0) is 7.05 Å². The first-order valence-electron chi connectivity index (χ1n) is 8.95. The Bertz CT molecular complexity index is 1250. The summed E-state index contributed by atoms with van der Waals surface area (Å²) in [6.07, 6.45) is 1.38. The van der Waals surface area contributed by atoms with Crippen LogP contribution in [0.2, 0.25) is 0 Å². The summed E-state index contributed by atoms with van der Waals surface area (Å²) in [6, 6.07) is 14.5. The summed E-state index contributed by atoms with van der Waals surface area (Å²) >= 11 is 0. The van der Waals surface area contributed by atoms with Crippen molar-refractivity contribution in [1.82, 2.24) is 19.3 Å². The van der Waals surface area contributed by atoms with Crippen LogP contribution in [0.3, 0.4) is 0 Å². The molecule has 29 heavy (non-hydrogen) atoms. The molecule has 8 nitrogen and oxygen atoms in total. The molecule has 0 atom stereocenters. The van der Waals surface area contributed by atoms with Crippen molar-refractivity contribution in [3.63, 3.8) is 0 Å². The molecule has 0 saturated heterocycles. The summed E-state index contributed by atoms with van der Waals surface area (Å²) in [6.45, 7) is 1.97. The highest BCUT2D eigenvalue weighted by molar-refractivity contribution is 6.10. The van der Waals surface area contributed by atoms with E-state index in [1.54, 1.807) is 38.4 Å². The first-order valence-corrected chi connectivity index (χ1v) is 8.95. The molecule has 0 radical (unpaired) electrons. The summed E-state index contributed by atoms with van der Waals surface area (Å²) in [4.78, 5) is 30.0. The molecule has 0 aliphatic rings. The van der Waals surface area contributed by atoms with Gasteiger partial charge in [0, 0.05) is 12.7 Å². The van der Waals surface area contributed by atoms with E-state index < -0.39 is 5.91 Å². The molecule has 0 saturated carbocycles. The molecule has 4 aromatic rings. The first-order chi connectivity index (χ1) is 14.0. The van der Waals surface area contributed by atoms with E-state index >= 15 is 0 Å². The predicted octanol–water partition coefficient (Wildman–Crippen LogP) is 2.69. The van der Waals surface area contributed by atoms with E-state index in [2.05, 4.69) is 15.4 Å². The average molecular weight is 389 g/mol. The van der Waals surface area contributed by atoms with E-state index in [1.807, 2.05) is 31.2 Å². The molecule has 2 heterocycles. The molecular formula is C21H19N5O3. The number of nitrogens with zero attached hydrogens (tertiary/aromatic N) is 4. The number of carbonyl (C=O) groups excluding carboxylic acids is 1. The first kappa shape index (κ1) is 18.4. The predicted molar refractivity (Wildman–Crippen MR) is 110 cm³/mol. The van der Waals surface area contributed by atoms with E-state index in [4.69, 9.17) is 4.74 Å². The molecule has 0 fully saturated rings. The molecule has 4 rings (SSSR count). The van der Waals surface area contributed by atoms with Gasteiger partial charge in [-0.3, -0.25) is 9.59 Å². The monoisotopic (exact) mass is 389 g/mol. The molecule has 8 heteroatoms. The number of ether oxygens (including phenoxy) is 1. The van der Waals surface area contributed by atoms with Gasteiger partial charge in [0.1, 0.15) is 11.3 Å². The van der Waals surface area contributed by atoms with Crippen LogP contribution in [0.5, 0.6) is 5.75 Å². The van der Waals surface area contributed by atoms with Crippen LogP contribution in [0.4, 0.5) is 5.69 Å². The van der Waals surface area contributed by atoms with Crippen LogP contribution in [-0.4, -0.2) is 32.3 Å². The Hall–Kier alpha value is -3.94. The minimum absolute atomic E-state index is 0.0779. The fourth-order valence-corrected chi connectivity index (χ4v) is 2.98. The minimum Gasteiger partial charge on any atom is -0.497 e. The molecule has 146 valence electrons. The van der Waals surface area contributed by atoms with Crippen molar-refractivity contribution in [2.24, 2.45) is 7.05 Å². The van der Waals surface area contributed by atoms with Gasteiger partial charge in [-0.25, -0.2) is 9.67 Å². The molecule has 1 amide bonds. The van der Waals surface area contributed by atoms with Crippen LogP contribution in [0.1, 0.15) is 16.1 Å². The highest BCUT2D eigenvalue weighted by Crippen LogP contribution is 2.20. The minimum atomic E-state index is -0.452. The van der Waals surface area contributed by atoms with Gasteiger partial charge in [-0.05, 0) is 43.3 Å². The van der Waals surface area contributed by atoms with Crippen molar-refractivity contribution in [3.05, 3.63) is 76.5 Å². The van der Waals surface area contributed by atoms with Crippen molar-refractivity contribution in [1.29, 1.82) is 0 Å². The van der Waals surface area contributed by atoms with Gasteiger partial charge in [-0.1, -0.05) is 17.7 Å². The van der Waals surface area contributed by atoms with Crippen molar-refractivity contribution in [2.75, 3.05) is 12.4 Å². The lowest BCUT2D eigenvalue weighted by atomic mass is 10.2. The topological polar surface area (TPSA) is 91.0 Å². The molecule has 0 unspecified atom stereocenters. The number of rotatable bonds is 4. The number of benzene rings is 2. The summed E-state index contributed by atoms with van der Waals surface area (Å²) in [5.41, 5.74) is 2.62. The number of anilines is 1. The van der Waals surface area contributed by atoms with E-state index in [0.717, 1.165) is 5.56 Å². The van der Waals surface area contributed by atoms with Crippen LogP contribution >= 0.6 is 0 Å². The SMILES string of the molecule is COc1ccc(NC(=O)c2nn(-c3ccc(C)cc3)c3c(=O)n(C)cnc23)cc1. The number of methoxy groups -OCH3 is 1. The molecule has 2 aromatic carbocycles. The summed E-state index contributed by atoms with van der Waals surface area (Å²) < 4.78 is 7.95. The Morgan fingerprint density at radius 2 is 1.76 bits per heavy atom. The quantitative estimate of drug-likeness (QED) is 0.579. The molecule has 0 aliphatic heterocycles. The van der Waals surface area contributed by atoms with Crippen molar-refractivity contribution < 1.29 is 9.53 Å². The Morgan fingerprint density at radius 3 is 2.41 bits per heavy atom. The lowest BCUT2D eigenvalue weighted by Crippen LogP contribution is -2.19. The molecule has 0 spiro atoms. The number of nitrogens with one attached hydrogen (secondary N) is 1. The van der Waals surface area contributed by atoms with Gasteiger partial charge in [-0.2, -0.15) is 5.10 Å². The Morgan fingerprint density at radius 1 is 1.07 bits per heavy atom. The normalized spacial score (nSPS) is 10.9. The van der Waals surface area contributed by atoms with E-state index in [0.29, 0.717) is 17.1 Å². The third-order valence-corrected chi connectivity index (χ3v) is 4.58. The lowest BCUT2D eigenvalue weighted by molar-refractivity contribution is 0.102. The van der Waals surface area contributed by atoms with Gasteiger partial charge < -0.3 is 14.6 Å². The average Bonchev–Trinajstić information content (AvgIpc) is 3.12. The zero-order chi connectivity index (χ0) is 20.5. The summed E-state index contributed by atoms with van der Waals surface area (Å²) in [7, 11) is 3.18. The van der Waals surface area contributed by atoms with Crippen LogP contribution in [0.25, 0.3) is 16.7 Å². The maximum Gasteiger partial charge on any atom is 0.279 e. The second-order valence-corrected chi connectivity index (χ2v) is 6.64. The third-order valence-electron chi connectivity index (χ3n) is 4.58. The van der Waals surface area contributed by atoms with E-state index in [1.165, 1.54) is 15.6 Å². The number of aryl methyl sites for hydroxylation is 2. The van der Waals surface area contributed by atoms with Crippen molar-refractivity contribution in [2.45, 2.75) is 6.92 Å². The highest BCUT2D eigenvalue weighted by atomic mass is 16.5. The number of carbonyl (C=O) groups is 1. The number of amides is 1. The highest BCUT2D eigenvalue weighted by Gasteiger charge is 2.22. The van der Waals surface area contributed by atoms with Crippen LogP contribution in [0, 0.1) is 6.92 Å². The van der Waals surface area contributed by atoms with Gasteiger partial charge in [-0.15, -0.1) is 0 Å². The van der Waals surface area contributed by atoms with Crippen molar-refractivity contribution >= 4 is 22.6 Å². The standard InChI is InChI=1S/C21H19N5O3/c1-13-4-8-15(9-5-13)26-19-17(22-12-25(2)21(19)28)18(24-26)20(27)23-14-6-10-16(29-3)11-7-14/h4-12H,1-3H3,(H,23,27).